The van der Waals surface area contributed by atoms with Crippen LogP contribution in [0.25, 0.3) is 0 Å². The minimum atomic E-state index is -0.211. The highest BCUT2D eigenvalue weighted by atomic mass is 32.2. The Bertz CT molecular complexity index is 969. The number of hydrogen-bond acceptors (Lipinski definition) is 4. The van der Waals surface area contributed by atoms with Gasteiger partial charge in [-0.05, 0) is 35.9 Å². The highest BCUT2D eigenvalue weighted by molar-refractivity contribution is 8.00. The predicted molar refractivity (Wildman–Crippen MR) is 102 cm³/mol. The molecule has 0 aliphatic carbocycles. The van der Waals surface area contributed by atoms with Gasteiger partial charge in [-0.2, -0.15) is 0 Å². The maximum absolute atomic E-state index is 12.6. The molecule has 0 spiro atoms. The van der Waals surface area contributed by atoms with Crippen LogP contribution in [-0.2, 0) is 11.3 Å². The number of nitrogens with one attached hydrogen (secondary N) is 2. The molecule has 2 heterocycles. The number of carbonyl (C=O) groups excluding carboxylic acids is 2. The molecule has 26 heavy (non-hydrogen) atoms. The number of nitrogens with zero attached hydrogens (tertiary/aromatic N) is 2. The molecule has 2 aromatic carbocycles. The summed E-state index contributed by atoms with van der Waals surface area (Å²) in [6.45, 7) is 0.686. The third kappa shape index (κ3) is 3.62. The first-order valence-electron chi connectivity index (χ1n) is 8.10. The minimum Gasteiger partial charge on any atom is -0.333 e. The molecule has 2 N–H and O–H groups in total. The lowest BCUT2D eigenvalue weighted by Crippen LogP contribution is -2.20. The van der Waals surface area contributed by atoms with E-state index in [2.05, 4.69) is 15.6 Å². The molecule has 0 bridgehead atoms. The molecule has 7 heteroatoms. The van der Waals surface area contributed by atoms with Crippen LogP contribution in [0, 0.1) is 0 Å². The molecule has 0 atom stereocenters. The largest absolute Gasteiger partial charge is 0.333 e. The molecular formula is C19H16N4O2S. The van der Waals surface area contributed by atoms with E-state index in [0.29, 0.717) is 23.5 Å². The Balaban J connectivity index is 1.50. The number of rotatable bonds is 4. The molecule has 1 aromatic heterocycles. The molecule has 2 amide bonds. The maximum atomic E-state index is 12.6. The van der Waals surface area contributed by atoms with E-state index in [1.807, 2.05) is 41.1 Å². The van der Waals surface area contributed by atoms with E-state index in [-0.39, 0.29) is 11.8 Å². The predicted octanol–water partition coefficient (Wildman–Crippen LogP) is 3.23. The van der Waals surface area contributed by atoms with Crippen LogP contribution in [-0.4, -0.2) is 27.1 Å². The second-order valence-electron chi connectivity index (χ2n) is 5.94. The van der Waals surface area contributed by atoms with Gasteiger partial charge in [-0.25, -0.2) is 4.98 Å². The van der Waals surface area contributed by atoms with E-state index in [1.54, 1.807) is 24.7 Å². The van der Waals surface area contributed by atoms with Gasteiger partial charge in [-0.15, -0.1) is 11.8 Å². The maximum Gasteiger partial charge on any atom is 0.255 e. The van der Waals surface area contributed by atoms with Crippen LogP contribution >= 0.6 is 11.8 Å². The first-order valence-corrected chi connectivity index (χ1v) is 9.09. The lowest BCUT2D eigenvalue weighted by Gasteiger charge is -2.17. The molecule has 130 valence electrons. The minimum absolute atomic E-state index is 0.0488. The molecule has 6 nitrogen and oxygen atoms in total. The van der Waals surface area contributed by atoms with Crippen molar-refractivity contribution in [3.05, 3.63) is 72.3 Å². The second kappa shape index (κ2) is 7.05. The first kappa shape index (κ1) is 16.4. The second-order valence-corrected chi connectivity index (χ2v) is 6.95. The van der Waals surface area contributed by atoms with Crippen LogP contribution in [0.15, 0.2) is 66.1 Å². The van der Waals surface area contributed by atoms with E-state index in [9.17, 15) is 9.59 Å². The first-order chi connectivity index (χ1) is 12.7. The molecule has 0 unspecified atom stereocenters. The average molecular weight is 364 g/mol. The zero-order valence-corrected chi connectivity index (χ0v) is 14.6. The summed E-state index contributed by atoms with van der Waals surface area (Å²) in [5.41, 5.74) is 2.98. The SMILES string of the molecule is O=C1CSc2ccc(C(=O)Nc3cccc(Cn4ccnc4)c3)cc2N1. The van der Waals surface area contributed by atoms with Gasteiger partial charge < -0.3 is 15.2 Å². The van der Waals surface area contributed by atoms with Crippen molar-refractivity contribution in [1.29, 1.82) is 0 Å². The number of imidazole rings is 1. The molecule has 3 aromatic rings. The van der Waals surface area contributed by atoms with Crippen molar-refractivity contribution in [1.82, 2.24) is 9.55 Å². The number of thioether (sulfide) groups is 1. The fourth-order valence-electron chi connectivity index (χ4n) is 2.77. The lowest BCUT2D eigenvalue weighted by atomic mass is 10.1. The normalized spacial score (nSPS) is 13.0. The number of amides is 2. The summed E-state index contributed by atoms with van der Waals surface area (Å²) in [5.74, 6) is 0.145. The van der Waals surface area contributed by atoms with Crippen LogP contribution in [0.2, 0.25) is 0 Å². The number of aromatic nitrogens is 2. The topological polar surface area (TPSA) is 76.0 Å². The Labute approximate surface area is 154 Å². The Kier molecular flexibility index (Phi) is 4.45. The average Bonchev–Trinajstić information content (AvgIpc) is 3.14. The Morgan fingerprint density at radius 2 is 2.19 bits per heavy atom. The smallest absolute Gasteiger partial charge is 0.255 e. The number of carbonyl (C=O) groups is 2. The number of hydrogen-bond donors (Lipinski definition) is 2. The van der Waals surface area contributed by atoms with E-state index in [4.69, 9.17) is 0 Å². The van der Waals surface area contributed by atoms with Gasteiger partial charge in [-0.3, -0.25) is 9.59 Å². The van der Waals surface area contributed by atoms with Crippen LogP contribution in [0.1, 0.15) is 15.9 Å². The Morgan fingerprint density at radius 3 is 3.04 bits per heavy atom. The van der Waals surface area contributed by atoms with Crippen LogP contribution < -0.4 is 10.6 Å². The van der Waals surface area contributed by atoms with Crippen molar-refractivity contribution in [2.75, 3.05) is 16.4 Å². The monoisotopic (exact) mass is 364 g/mol. The van der Waals surface area contributed by atoms with Gasteiger partial charge in [0.05, 0.1) is 17.8 Å². The fourth-order valence-corrected chi connectivity index (χ4v) is 3.55. The summed E-state index contributed by atoms with van der Waals surface area (Å²) >= 11 is 1.47. The Morgan fingerprint density at radius 1 is 1.27 bits per heavy atom. The summed E-state index contributed by atoms with van der Waals surface area (Å²) in [4.78, 5) is 29.1. The third-order valence-corrected chi connectivity index (χ3v) is 5.06. The van der Waals surface area contributed by atoms with Gasteiger partial charge in [0.2, 0.25) is 5.91 Å². The van der Waals surface area contributed by atoms with Crippen molar-refractivity contribution >= 4 is 35.0 Å². The number of benzene rings is 2. The molecule has 1 aliphatic rings. The lowest BCUT2D eigenvalue weighted by molar-refractivity contribution is -0.113. The van der Waals surface area contributed by atoms with Gasteiger partial charge >= 0.3 is 0 Å². The molecule has 1 aliphatic heterocycles. The molecule has 0 saturated heterocycles. The summed E-state index contributed by atoms with van der Waals surface area (Å²) in [6.07, 6.45) is 5.38. The van der Waals surface area contributed by atoms with Gasteiger partial charge in [0.1, 0.15) is 0 Å². The van der Waals surface area contributed by atoms with E-state index >= 15 is 0 Å². The van der Waals surface area contributed by atoms with Crippen molar-refractivity contribution in [2.24, 2.45) is 0 Å². The molecular weight excluding hydrogens is 348 g/mol. The molecule has 0 fully saturated rings. The van der Waals surface area contributed by atoms with Gasteiger partial charge in [0.15, 0.2) is 0 Å². The number of anilines is 2. The van der Waals surface area contributed by atoms with Crippen molar-refractivity contribution in [3.8, 4) is 0 Å². The van der Waals surface area contributed by atoms with Crippen LogP contribution in [0.4, 0.5) is 11.4 Å². The molecule has 0 radical (unpaired) electrons. The molecule has 4 rings (SSSR count). The highest BCUT2D eigenvalue weighted by Gasteiger charge is 2.17. The zero-order chi connectivity index (χ0) is 17.9. The van der Waals surface area contributed by atoms with Crippen molar-refractivity contribution in [3.63, 3.8) is 0 Å². The quantitative estimate of drug-likeness (QED) is 0.745. The zero-order valence-electron chi connectivity index (χ0n) is 13.8. The van der Waals surface area contributed by atoms with E-state index in [0.717, 1.165) is 16.1 Å². The summed E-state index contributed by atoms with van der Waals surface area (Å²) in [6, 6.07) is 13.0. The standard InChI is InChI=1S/C19H16N4O2S/c24-18-11-26-17-5-4-14(9-16(17)22-18)19(25)21-15-3-1-2-13(8-15)10-23-7-6-20-12-23/h1-9,12H,10-11H2,(H,21,25)(H,22,24). The summed E-state index contributed by atoms with van der Waals surface area (Å²) in [5, 5.41) is 5.72. The Hall–Kier alpha value is -3.06. The highest BCUT2D eigenvalue weighted by Crippen LogP contribution is 2.32. The van der Waals surface area contributed by atoms with Crippen molar-refractivity contribution < 1.29 is 9.59 Å². The van der Waals surface area contributed by atoms with Gasteiger partial charge in [-0.1, -0.05) is 12.1 Å². The molecule has 0 saturated carbocycles. The van der Waals surface area contributed by atoms with Gasteiger partial charge in [0, 0.05) is 35.1 Å². The fraction of sp³-hybridized carbons (Fsp3) is 0.105. The summed E-state index contributed by atoms with van der Waals surface area (Å²) < 4.78 is 1.96. The summed E-state index contributed by atoms with van der Waals surface area (Å²) in [7, 11) is 0. The third-order valence-electron chi connectivity index (χ3n) is 3.98. The van der Waals surface area contributed by atoms with E-state index < -0.39 is 0 Å². The van der Waals surface area contributed by atoms with Crippen LogP contribution in [0.3, 0.4) is 0 Å². The van der Waals surface area contributed by atoms with Crippen molar-refractivity contribution in [2.45, 2.75) is 11.4 Å². The number of fused-ring (bicyclic) bond motifs is 1. The van der Waals surface area contributed by atoms with Crippen LogP contribution in [0.5, 0.6) is 0 Å². The van der Waals surface area contributed by atoms with E-state index in [1.165, 1.54) is 11.8 Å². The van der Waals surface area contributed by atoms with Gasteiger partial charge in [0.25, 0.3) is 5.91 Å².